The van der Waals surface area contributed by atoms with Gasteiger partial charge in [-0.2, -0.15) is 11.8 Å². The monoisotopic (exact) mass is 234 g/mol. The molecule has 1 heterocycles. The second-order valence-electron chi connectivity index (χ2n) is 2.92. The molecule has 0 bridgehead atoms. The van der Waals surface area contributed by atoms with Crippen molar-refractivity contribution in [1.82, 2.24) is 0 Å². The number of hydrogen-bond donors (Lipinski definition) is 1. The molecule has 2 unspecified atom stereocenters. The van der Waals surface area contributed by atoms with Gasteiger partial charge in [0.2, 0.25) is 0 Å². The van der Waals surface area contributed by atoms with Crippen LogP contribution in [0.4, 0.5) is 0 Å². The van der Waals surface area contributed by atoms with Gasteiger partial charge >= 0.3 is 29.6 Å². The molecule has 1 aliphatic rings. The Morgan fingerprint density at radius 2 is 2.15 bits per heavy atom. The smallest absolute Gasteiger partial charge is 0.746 e. The van der Waals surface area contributed by atoms with Crippen LogP contribution in [-0.4, -0.2) is 34.0 Å². The van der Waals surface area contributed by atoms with Crippen LogP contribution in [0, 0.1) is 0 Å². The molecule has 0 amide bonds. The predicted octanol–water partition coefficient (Wildman–Crippen LogP) is -2.86. The van der Waals surface area contributed by atoms with Crippen LogP contribution in [0.3, 0.4) is 0 Å². The molecular weight excluding hydrogens is 223 g/mol. The van der Waals surface area contributed by atoms with Gasteiger partial charge in [-0.15, -0.1) is 0 Å². The van der Waals surface area contributed by atoms with E-state index in [4.69, 9.17) is 0 Å². The zero-order chi connectivity index (χ0) is 9.41. The van der Waals surface area contributed by atoms with Crippen molar-refractivity contribution in [3.8, 4) is 0 Å². The number of hydrogen-bond acceptors (Lipinski definition) is 5. The van der Waals surface area contributed by atoms with Crippen molar-refractivity contribution in [3.05, 3.63) is 0 Å². The van der Waals surface area contributed by atoms with Crippen LogP contribution >= 0.6 is 11.8 Å². The molecule has 0 aliphatic carbocycles. The van der Waals surface area contributed by atoms with Crippen molar-refractivity contribution in [3.63, 3.8) is 0 Å². The van der Waals surface area contributed by atoms with E-state index in [2.05, 4.69) is 0 Å². The van der Waals surface area contributed by atoms with Gasteiger partial charge in [0.25, 0.3) is 0 Å². The van der Waals surface area contributed by atoms with E-state index in [0.717, 1.165) is 5.75 Å². The quantitative estimate of drug-likeness (QED) is 0.390. The molecule has 1 rings (SSSR count). The fourth-order valence-corrected chi connectivity index (χ4v) is 3.65. The number of rotatable bonds is 1. The van der Waals surface area contributed by atoms with Crippen LogP contribution in [0.15, 0.2) is 0 Å². The average molecular weight is 234 g/mol. The summed E-state index contributed by atoms with van der Waals surface area (Å²) in [6.07, 6.45) is 0.639. The van der Waals surface area contributed by atoms with Gasteiger partial charge in [-0.3, -0.25) is 0 Å². The Morgan fingerprint density at radius 3 is 2.46 bits per heavy atom. The summed E-state index contributed by atoms with van der Waals surface area (Å²) in [7, 11) is -4.59. The van der Waals surface area contributed by atoms with Gasteiger partial charge < -0.3 is 9.66 Å². The maximum Gasteiger partial charge on any atom is 1.00 e. The molecule has 0 aromatic heterocycles. The van der Waals surface area contributed by atoms with Crippen molar-refractivity contribution < 1.29 is 47.6 Å². The van der Waals surface area contributed by atoms with Crippen LogP contribution in [0.2, 0.25) is 0 Å². The van der Waals surface area contributed by atoms with Crippen LogP contribution in [0.1, 0.15) is 19.8 Å². The average Bonchev–Trinajstić information content (AvgIpc) is 1.93. The summed E-state index contributed by atoms with van der Waals surface area (Å²) in [5, 5.41) is 9.04. The maximum absolute atomic E-state index is 10.7. The Bertz CT molecular complexity index is 266. The SMILES string of the molecule is CC1SCCCC1(O)S(=O)(=O)[O-].[Na+]. The first-order valence-electron chi connectivity index (χ1n) is 3.67. The molecular formula is C6H11NaO4S2. The standard InChI is InChI=1S/C6H12O4S2.Na/c1-5-6(7,12(8,9)10)3-2-4-11-5;/h5,7H,2-4H2,1H3,(H,8,9,10);/q;+1/p-1. The maximum atomic E-state index is 10.7. The van der Waals surface area contributed by atoms with Crippen LogP contribution < -0.4 is 29.6 Å². The van der Waals surface area contributed by atoms with E-state index in [-0.39, 0.29) is 36.0 Å². The molecule has 0 spiro atoms. The molecule has 0 aromatic carbocycles. The number of thioether (sulfide) groups is 1. The van der Waals surface area contributed by atoms with E-state index in [1.807, 2.05) is 0 Å². The first-order chi connectivity index (χ1) is 5.38. The molecule has 72 valence electrons. The third kappa shape index (κ3) is 2.84. The van der Waals surface area contributed by atoms with Crippen molar-refractivity contribution in [2.45, 2.75) is 29.9 Å². The Kier molecular flexibility index (Phi) is 5.28. The molecule has 0 radical (unpaired) electrons. The minimum absolute atomic E-state index is 0. The summed E-state index contributed by atoms with van der Waals surface area (Å²) >= 11 is 1.32. The molecule has 1 saturated heterocycles. The largest absolute Gasteiger partial charge is 1.00 e. The summed E-state index contributed by atoms with van der Waals surface area (Å²) in [6, 6.07) is 0. The molecule has 4 nitrogen and oxygen atoms in total. The molecule has 1 fully saturated rings. The van der Waals surface area contributed by atoms with Gasteiger partial charge in [-0.1, -0.05) is 0 Å². The van der Waals surface area contributed by atoms with Gasteiger partial charge in [0.1, 0.15) is 10.1 Å². The second kappa shape index (κ2) is 4.83. The van der Waals surface area contributed by atoms with E-state index in [1.54, 1.807) is 6.92 Å². The Labute approximate surface area is 105 Å². The fourth-order valence-electron chi connectivity index (χ4n) is 1.25. The topological polar surface area (TPSA) is 77.4 Å². The predicted molar refractivity (Wildman–Crippen MR) is 45.8 cm³/mol. The van der Waals surface area contributed by atoms with E-state index >= 15 is 0 Å². The summed E-state index contributed by atoms with van der Waals surface area (Å²) in [5.74, 6) is 0.805. The number of aliphatic hydroxyl groups is 1. The van der Waals surface area contributed by atoms with Crippen LogP contribution in [-0.2, 0) is 10.1 Å². The van der Waals surface area contributed by atoms with E-state index in [1.165, 1.54) is 11.8 Å². The summed E-state index contributed by atoms with van der Waals surface area (Å²) in [4.78, 5) is -2.05. The van der Waals surface area contributed by atoms with Gasteiger partial charge in [0.15, 0.2) is 4.93 Å². The molecule has 2 atom stereocenters. The molecule has 1 N–H and O–H groups in total. The zero-order valence-electron chi connectivity index (χ0n) is 7.69. The molecule has 13 heavy (non-hydrogen) atoms. The van der Waals surface area contributed by atoms with E-state index in [0.29, 0.717) is 6.42 Å². The van der Waals surface area contributed by atoms with Crippen molar-refractivity contribution in [2.75, 3.05) is 5.75 Å². The van der Waals surface area contributed by atoms with Gasteiger partial charge in [-0.05, 0) is 25.5 Å². The third-order valence-corrected chi connectivity index (χ3v) is 5.10. The summed E-state index contributed by atoms with van der Waals surface area (Å²) in [6.45, 7) is 1.57. The Hall–Kier alpha value is 1.22. The second-order valence-corrected chi connectivity index (χ2v) is 5.98. The van der Waals surface area contributed by atoms with Gasteiger partial charge in [0.05, 0.1) is 0 Å². The normalized spacial score (nSPS) is 35.2. The molecule has 7 heteroatoms. The molecule has 0 aromatic rings. The van der Waals surface area contributed by atoms with Crippen LogP contribution in [0.5, 0.6) is 0 Å². The van der Waals surface area contributed by atoms with Gasteiger partial charge in [0, 0.05) is 5.25 Å². The van der Waals surface area contributed by atoms with Crippen molar-refractivity contribution in [1.29, 1.82) is 0 Å². The van der Waals surface area contributed by atoms with Gasteiger partial charge in [-0.25, -0.2) is 8.42 Å². The minimum Gasteiger partial charge on any atom is -0.746 e. The molecule has 1 aliphatic heterocycles. The van der Waals surface area contributed by atoms with Crippen molar-refractivity contribution in [2.24, 2.45) is 0 Å². The fraction of sp³-hybridized carbons (Fsp3) is 1.00. The zero-order valence-corrected chi connectivity index (χ0v) is 11.3. The van der Waals surface area contributed by atoms with E-state index < -0.39 is 20.3 Å². The van der Waals surface area contributed by atoms with Crippen molar-refractivity contribution >= 4 is 21.9 Å². The first kappa shape index (κ1) is 14.2. The van der Waals surface area contributed by atoms with Crippen LogP contribution in [0.25, 0.3) is 0 Å². The third-order valence-electron chi connectivity index (χ3n) is 2.12. The Balaban J connectivity index is 0.00000144. The summed E-state index contributed by atoms with van der Waals surface area (Å²) in [5.41, 5.74) is 0. The molecule has 0 saturated carbocycles. The summed E-state index contributed by atoms with van der Waals surface area (Å²) < 4.78 is 32.1. The van der Waals surface area contributed by atoms with E-state index in [9.17, 15) is 18.1 Å². The Morgan fingerprint density at radius 1 is 1.62 bits per heavy atom. The first-order valence-corrected chi connectivity index (χ1v) is 6.13. The minimum atomic E-state index is -4.59.